The number of unbranched alkanes of at least 4 members (excludes halogenated alkanes) is 34. The van der Waals surface area contributed by atoms with E-state index in [0.717, 1.165) is 70.6 Å². The molecule has 0 aromatic carbocycles. The third-order valence-electron chi connectivity index (χ3n) is 11.1. The second kappa shape index (κ2) is 45.1. The molecule has 0 aliphatic carbocycles. The van der Waals surface area contributed by atoms with Gasteiger partial charge in [0.1, 0.15) is 13.2 Å². The molecule has 0 aromatic rings. The highest BCUT2D eigenvalue weighted by molar-refractivity contribution is 5.71. The Morgan fingerprint density at radius 2 is 0.491 bits per heavy atom. The number of ether oxygens (including phenoxy) is 3. The summed E-state index contributed by atoms with van der Waals surface area (Å²) >= 11 is 0. The van der Waals surface area contributed by atoms with Crippen molar-refractivity contribution in [1.29, 1.82) is 0 Å². The SMILES string of the molecule is CCCCCCCCCCCCCCCCCCCCCCCCCCCCCC(=O)OCC(COC(=O)CCCCCCC)OC(=O)CCCCCCC. The summed E-state index contributed by atoms with van der Waals surface area (Å²) in [6, 6.07) is 0. The summed E-state index contributed by atoms with van der Waals surface area (Å²) in [6.45, 7) is 6.49. The predicted octanol–water partition coefficient (Wildman–Crippen LogP) is 15.6. The van der Waals surface area contributed by atoms with Crippen molar-refractivity contribution in [1.82, 2.24) is 0 Å². The first-order valence-electron chi connectivity index (χ1n) is 24.5. The summed E-state index contributed by atoms with van der Waals surface area (Å²) < 4.78 is 16.5. The number of carbonyl (C=O) groups is 3. The van der Waals surface area contributed by atoms with E-state index in [9.17, 15) is 14.4 Å². The van der Waals surface area contributed by atoms with Crippen LogP contribution in [-0.4, -0.2) is 37.2 Å². The Morgan fingerprint density at radius 1 is 0.291 bits per heavy atom. The molecule has 0 aliphatic heterocycles. The Balaban J connectivity index is 3.76. The van der Waals surface area contributed by atoms with Gasteiger partial charge in [-0.05, 0) is 19.3 Å². The Kier molecular flexibility index (Phi) is 43.8. The smallest absolute Gasteiger partial charge is 0.306 e. The van der Waals surface area contributed by atoms with E-state index in [-0.39, 0.29) is 31.1 Å². The maximum absolute atomic E-state index is 12.4. The van der Waals surface area contributed by atoms with Gasteiger partial charge < -0.3 is 14.2 Å². The topological polar surface area (TPSA) is 78.9 Å². The molecule has 0 heterocycles. The standard InChI is InChI=1S/C49H94O6/c1-4-7-10-13-14-15-16-17-18-19-20-21-22-23-24-25-26-27-28-29-30-31-32-33-34-37-39-42-48(51)54-45-46(55-49(52)43-40-36-12-9-6-3)44-53-47(50)41-38-35-11-8-5-2/h46H,4-45H2,1-3H3. The van der Waals surface area contributed by atoms with E-state index < -0.39 is 6.10 Å². The average Bonchev–Trinajstić information content (AvgIpc) is 3.18. The molecule has 6 heteroatoms. The second-order valence-electron chi connectivity index (χ2n) is 16.7. The van der Waals surface area contributed by atoms with Crippen LogP contribution in [-0.2, 0) is 28.6 Å². The molecule has 326 valence electrons. The van der Waals surface area contributed by atoms with Gasteiger partial charge in [-0.15, -0.1) is 0 Å². The van der Waals surface area contributed by atoms with Crippen molar-refractivity contribution < 1.29 is 28.6 Å². The molecule has 0 bridgehead atoms. The Morgan fingerprint density at radius 3 is 0.727 bits per heavy atom. The molecule has 0 radical (unpaired) electrons. The average molecular weight is 779 g/mol. The number of hydrogen-bond acceptors (Lipinski definition) is 6. The zero-order valence-corrected chi connectivity index (χ0v) is 37.2. The monoisotopic (exact) mass is 779 g/mol. The molecular formula is C49H94O6. The molecular weight excluding hydrogens is 685 g/mol. The van der Waals surface area contributed by atoms with Crippen LogP contribution in [0.5, 0.6) is 0 Å². The minimum atomic E-state index is -0.755. The van der Waals surface area contributed by atoms with Crippen molar-refractivity contribution >= 4 is 17.9 Å². The summed E-state index contributed by atoms with van der Waals surface area (Å²) in [5, 5.41) is 0. The summed E-state index contributed by atoms with van der Waals surface area (Å²) in [5.74, 6) is -0.884. The third-order valence-corrected chi connectivity index (χ3v) is 11.1. The number of carbonyl (C=O) groups excluding carboxylic acids is 3. The van der Waals surface area contributed by atoms with Crippen molar-refractivity contribution in [2.75, 3.05) is 13.2 Å². The second-order valence-corrected chi connectivity index (χ2v) is 16.7. The zero-order chi connectivity index (χ0) is 40.1. The fourth-order valence-electron chi connectivity index (χ4n) is 7.38. The molecule has 0 spiro atoms. The van der Waals surface area contributed by atoms with Gasteiger partial charge in [0.05, 0.1) is 0 Å². The molecule has 0 saturated carbocycles. The van der Waals surface area contributed by atoms with E-state index in [1.807, 2.05) is 0 Å². The van der Waals surface area contributed by atoms with E-state index in [4.69, 9.17) is 14.2 Å². The molecule has 55 heavy (non-hydrogen) atoms. The normalized spacial score (nSPS) is 11.8. The minimum absolute atomic E-state index is 0.0658. The minimum Gasteiger partial charge on any atom is -0.462 e. The molecule has 0 fully saturated rings. The first-order chi connectivity index (χ1) is 27.0. The molecule has 0 aliphatic rings. The number of hydrogen-bond donors (Lipinski definition) is 0. The van der Waals surface area contributed by atoms with Gasteiger partial charge in [0.25, 0.3) is 0 Å². The molecule has 0 amide bonds. The molecule has 0 rings (SSSR count). The van der Waals surface area contributed by atoms with Gasteiger partial charge in [0.15, 0.2) is 6.10 Å². The first kappa shape index (κ1) is 53.4. The Labute approximate surface area is 342 Å². The van der Waals surface area contributed by atoms with E-state index >= 15 is 0 Å². The molecule has 6 nitrogen and oxygen atoms in total. The van der Waals surface area contributed by atoms with Crippen molar-refractivity contribution in [3.63, 3.8) is 0 Å². The number of rotatable bonds is 45. The van der Waals surface area contributed by atoms with E-state index in [0.29, 0.717) is 19.3 Å². The van der Waals surface area contributed by atoms with Crippen LogP contribution in [0.1, 0.15) is 278 Å². The van der Waals surface area contributed by atoms with Crippen molar-refractivity contribution in [2.24, 2.45) is 0 Å². The molecule has 0 aromatic heterocycles. The van der Waals surface area contributed by atoms with Crippen LogP contribution in [0.25, 0.3) is 0 Å². The lowest BCUT2D eigenvalue weighted by Gasteiger charge is -2.18. The van der Waals surface area contributed by atoms with Gasteiger partial charge in [-0.3, -0.25) is 14.4 Å². The van der Waals surface area contributed by atoms with Gasteiger partial charge >= 0.3 is 17.9 Å². The van der Waals surface area contributed by atoms with Crippen molar-refractivity contribution in [2.45, 2.75) is 284 Å². The zero-order valence-electron chi connectivity index (χ0n) is 37.2. The lowest BCUT2D eigenvalue weighted by atomic mass is 10.0. The predicted molar refractivity (Wildman–Crippen MR) is 233 cm³/mol. The largest absolute Gasteiger partial charge is 0.462 e. The lowest BCUT2D eigenvalue weighted by molar-refractivity contribution is -0.167. The van der Waals surface area contributed by atoms with E-state index in [2.05, 4.69) is 20.8 Å². The molecule has 1 unspecified atom stereocenters. The summed E-state index contributed by atoms with van der Waals surface area (Å²) in [6.07, 6.45) is 47.6. The summed E-state index contributed by atoms with van der Waals surface area (Å²) in [7, 11) is 0. The maximum Gasteiger partial charge on any atom is 0.306 e. The van der Waals surface area contributed by atoms with Crippen LogP contribution < -0.4 is 0 Å². The van der Waals surface area contributed by atoms with Crippen LogP contribution in [0.2, 0.25) is 0 Å². The quantitative estimate of drug-likeness (QED) is 0.0348. The van der Waals surface area contributed by atoms with Gasteiger partial charge in [-0.25, -0.2) is 0 Å². The van der Waals surface area contributed by atoms with E-state index in [1.165, 1.54) is 167 Å². The maximum atomic E-state index is 12.4. The van der Waals surface area contributed by atoms with Crippen LogP contribution in [0.3, 0.4) is 0 Å². The van der Waals surface area contributed by atoms with Crippen LogP contribution in [0.15, 0.2) is 0 Å². The molecule has 0 N–H and O–H groups in total. The summed E-state index contributed by atoms with van der Waals surface area (Å²) in [4.78, 5) is 37.1. The van der Waals surface area contributed by atoms with Crippen LogP contribution >= 0.6 is 0 Å². The van der Waals surface area contributed by atoms with Gasteiger partial charge in [-0.2, -0.15) is 0 Å². The first-order valence-corrected chi connectivity index (χ1v) is 24.5. The van der Waals surface area contributed by atoms with Gasteiger partial charge in [-0.1, -0.05) is 239 Å². The highest BCUT2D eigenvalue weighted by Crippen LogP contribution is 2.17. The van der Waals surface area contributed by atoms with Gasteiger partial charge in [0.2, 0.25) is 0 Å². The lowest BCUT2D eigenvalue weighted by Crippen LogP contribution is -2.30. The van der Waals surface area contributed by atoms with Crippen molar-refractivity contribution in [3.05, 3.63) is 0 Å². The third kappa shape index (κ3) is 43.4. The van der Waals surface area contributed by atoms with Crippen LogP contribution in [0.4, 0.5) is 0 Å². The Hall–Kier alpha value is -1.59. The summed E-state index contributed by atoms with van der Waals surface area (Å²) in [5.41, 5.74) is 0. The highest BCUT2D eigenvalue weighted by atomic mass is 16.6. The van der Waals surface area contributed by atoms with Gasteiger partial charge in [0, 0.05) is 19.3 Å². The number of esters is 3. The Bertz CT molecular complexity index is 813. The fraction of sp³-hybridized carbons (Fsp3) is 0.939. The van der Waals surface area contributed by atoms with E-state index in [1.54, 1.807) is 0 Å². The molecule has 0 saturated heterocycles. The highest BCUT2D eigenvalue weighted by Gasteiger charge is 2.19. The van der Waals surface area contributed by atoms with Crippen molar-refractivity contribution in [3.8, 4) is 0 Å². The van der Waals surface area contributed by atoms with Crippen LogP contribution in [0, 0.1) is 0 Å². The fourth-order valence-corrected chi connectivity index (χ4v) is 7.38. The molecule has 1 atom stereocenters.